The number of likely N-dealkylation sites (N-methyl/N-ethyl adjacent to an activating group) is 1. The van der Waals surface area contributed by atoms with Gasteiger partial charge in [0.25, 0.3) is 0 Å². The van der Waals surface area contributed by atoms with Crippen LogP contribution < -0.4 is 0 Å². The maximum Gasteiger partial charge on any atom is 0.161 e. The summed E-state index contributed by atoms with van der Waals surface area (Å²) in [6.45, 7) is 3.49. The lowest BCUT2D eigenvalue weighted by atomic mass is 9.97. The first-order valence-electron chi connectivity index (χ1n) is 8.45. The van der Waals surface area contributed by atoms with Crippen LogP contribution in [0.4, 0.5) is 0 Å². The number of hydrogen-bond donors (Lipinski definition) is 0. The summed E-state index contributed by atoms with van der Waals surface area (Å²) in [7, 11) is 4.45. The predicted octanol–water partition coefficient (Wildman–Crippen LogP) is 2.46. The number of piperidine rings is 1. The molecule has 0 saturated carbocycles. The molecule has 0 spiro atoms. The maximum absolute atomic E-state index is 5.00. The lowest BCUT2D eigenvalue weighted by Gasteiger charge is -2.31. The average Bonchev–Trinajstić information content (AvgIpc) is 3.10. The molecule has 0 bridgehead atoms. The molecule has 118 valence electrons. The quantitative estimate of drug-likeness (QED) is 0.853. The number of aromatic nitrogens is 3. The van der Waals surface area contributed by atoms with Crippen LogP contribution in [-0.4, -0.2) is 58.1 Å². The minimum atomic E-state index is 0.419. The first-order chi connectivity index (χ1) is 10.7. The van der Waals surface area contributed by atoms with Crippen LogP contribution in [0.1, 0.15) is 43.6 Å². The van der Waals surface area contributed by atoms with Crippen LogP contribution in [-0.2, 0) is 0 Å². The summed E-state index contributed by atoms with van der Waals surface area (Å²) in [6, 6.07) is 4.10. The Morgan fingerprint density at radius 2 is 2.00 bits per heavy atom. The van der Waals surface area contributed by atoms with Crippen LogP contribution in [0.5, 0.6) is 0 Å². The highest BCUT2D eigenvalue weighted by Gasteiger charge is 2.31. The second kappa shape index (κ2) is 5.63. The van der Waals surface area contributed by atoms with E-state index in [1.165, 1.54) is 44.6 Å². The van der Waals surface area contributed by atoms with Gasteiger partial charge in [-0.2, -0.15) is 0 Å². The van der Waals surface area contributed by atoms with E-state index in [1.54, 1.807) is 0 Å². The molecule has 2 aromatic rings. The topological polar surface area (TPSA) is 37.2 Å². The molecule has 2 aromatic heterocycles. The van der Waals surface area contributed by atoms with Gasteiger partial charge in [0, 0.05) is 18.7 Å². The van der Waals surface area contributed by atoms with Crippen molar-refractivity contribution in [2.75, 3.05) is 33.7 Å². The Balaban J connectivity index is 1.82. The lowest BCUT2D eigenvalue weighted by molar-refractivity contribution is 0.212. The third-order valence-corrected chi connectivity index (χ3v) is 5.25. The fourth-order valence-electron chi connectivity index (χ4n) is 4.13. The van der Waals surface area contributed by atoms with Gasteiger partial charge in [-0.3, -0.25) is 9.47 Å². The Hall–Kier alpha value is -1.46. The van der Waals surface area contributed by atoms with Crippen molar-refractivity contribution in [3.63, 3.8) is 0 Å². The SMILES string of the molecule is CN1CCCC(c2nc3cccnc3n2C2CCCN2C)C1. The monoisotopic (exact) mass is 299 g/mol. The third kappa shape index (κ3) is 2.32. The predicted molar refractivity (Wildman–Crippen MR) is 87.9 cm³/mol. The van der Waals surface area contributed by atoms with Crippen LogP contribution in [0.3, 0.4) is 0 Å². The molecule has 2 fully saturated rings. The maximum atomic E-state index is 5.00. The van der Waals surface area contributed by atoms with Gasteiger partial charge in [-0.1, -0.05) is 0 Å². The summed E-state index contributed by atoms with van der Waals surface area (Å²) in [4.78, 5) is 14.5. The van der Waals surface area contributed by atoms with Gasteiger partial charge in [-0.05, 0) is 65.0 Å². The van der Waals surface area contributed by atoms with Crippen LogP contribution in [0, 0.1) is 0 Å². The molecule has 4 heterocycles. The Bertz CT molecular complexity index is 664. The van der Waals surface area contributed by atoms with E-state index in [-0.39, 0.29) is 0 Å². The van der Waals surface area contributed by atoms with Gasteiger partial charge < -0.3 is 4.90 Å². The minimum Gasteiger partial charge on any atom is -0.306 e. The van der Waals surface area contributed by atoms with E-state index in [4.69, 9.17) is 4.98 Å². The Labute approximate surface area is 131 Å². The molecule has 2 atom stereocenters. The van der Waals surface area contributed by atoms with Gasteiger partial charge in [0.1, 0.15) is 11.3 Å². The Morgan fingerprint density at radius 3 is 2.77 bits per heavy atom. The van der Waals surface area contributed by atoms with Crippen molar-refractivity contribution >= 4 is 11.2 Å². The summed E-state index contributed by atoms with van der Waals surface area (Å²) >= 11 is 0. The molecule has 5 heteroatoms. The van der Waals surface area contributed by atoms with E-state index in [9.17, 15) is 0 Å². The van der Waals surface area contributed by atoms with Gasteiger partial charge in [0.2, 0.25) is 0 Å². The second-order valence-electron chi connectivity index (χ2n) is 6.89. The number of pyridine rings is 1. The van der Waals surface area contributed by atoms with Gasteiger partial charge in [0.05, 0.1) is 6.17 Å². The normalized spacial score (nSPS) is 27.7. The fourth-order valence-corrected chi connectivity index (χ4v) is 4.13. The number of hydrogen-bond acceptors (Lipinski definition) is 4. The van der Waals surface area contributed by atoms with Crippen LogP contribution in [0.15, 0.2) is 18.3 Å². The van der Waals surface area contributed by atoms with E-state index in [0.717, 1.165) is 17.7 Å². The zero-order valence-corrected chi connectivity index (χ0v) is 13.6. The van der Waals surface area contributed by atoms with Gasteiger partial charge in [-0.25, -0.2) is 9.97 Å². The molecule has 2 aliphatic heterocycles. The molecule has 4 rings (SSSR count). The number of rotatable bonds is 2. The van der Waals surface area contributed by atoms with E-state index in [0.29, 0.717) is 12.1 Å². The average molecular weight is 299 g/mol. The molecule has 0 aliphatic carbocycles. The van der Waals surface area contributed by atoms with E-state index >= 15 is 0 Å². The summed E-state index contributed by atoms with van der Waals surface area (Å²) in [5, 5.41) is 0. The van der Waals surface area contributed by atoms with Crippen molar-refractivity contribution in [3.8, 4) is 0 Å². The molecule has 0 radical (unpaired) electrons. The summed E-state index contributed by atoms with van der Waals surface area (Å²) in [6.07, 6.45) is 7.28. The molecule has 2 saturated heterocycles. The molecule has 2 aliphatic rings. The summed E-state index contributed by atoms with van der Waals surface area (Å²) < 4.78 is 2.44. The van der Waals surface area contributed by atoms with Crippen molar-refractivity contribution in [1.29, 1.82) is 0 Å². The first kappa shape index (κ1) is 14.2. The fraction of sp³-hybridized carbons (Fsp3) is 0.647. The van der Waals surface area contributed by atoms with E-state index in [2.05, 4.69) is 39.5 Å². The van der Waals surface area contributed by atoms with Crippen molar-refractivity contribution in [1.82, 2.24) is 24.3 Å². The molecule has 5 nitrogen and oxygen atoms in total. The molecule has 0 amide bonds. The number of likely N-dealkylation sites (tertiary alicyclic amines) is 2. The van der Waals surface area contributed by atoms with Crippen molar-refractivity contribution in [2.45, 2.75) is 37.8 Å². The summed E-state index contributed by atoms with van der Waals surface area (Å²) in [5.41, 5.74) is 2.11. The van der Waals surface area contributed by atoms with Gasteiger partial charge >= 0.3 is 0 Å². The highest BCUT2D eigenvalue weighted by atomic mass is 15.3. The zero-order valence-electron chi connectivity index (χ0n) is 13.6. The standard InChI is InChI=1S/C17H25N5/c1-20-10-4-6-13(12-20)16-19-14-7-3-9-18-17(14)22(16)15-8-5-11-21(15)2/h3,7,9,13,15H,4-6,8,10-12H2,1-2H3. The second-order valence-corrected chi connectivity index (χ2v) is 6.89. The van der Waals surface area contributed by atoms with Crippen molar-refractivity contribution in [2.24, 2.45) is 0 Å². The highest BCUT2D eigenvalue weighted by molar-refractivity contribution is 5.71. The lowest BCUT2D eigenvalue weighted by Crippen LogP contribution is -2.33. The molecular formula is C17H25N5. The highest BCUT2D eigenvalue weighted by Crippen LogP contribution is 2.34. The first-order valence-corrected chi connectivity index (χ1v) is 8.45. The molecule has 22 heavy (non-hydrogen) atoms. The number of imidazole rings is 1. The van der Waals surface area contributed by atoms with Crippen LogP contribution in [0.25, 0.3) is 11.2 Å². The van der Waals surface area contributed by atoms with Crippen molar-refractivity contribution < 1.29 is 0 Å². The minimum absolute atomic E-state index is 0.419. The van der Waals surface area contributed by atoms with Gasteiger partial charge in [0.15, 0.2) is 5.65 Å². The van der Waals surface area contributed by atoms with Crippen molar-refractivity contribution in [3.05, 3.63) is 24.2 Å². The zero-order chi connectivity index (χ0) is 15.1. The van der Waals surface area contributed by atoms with E-state index < -0.39 is 0 Å². The molecular weight excluding hydrogens is 274 g/mol. The number of nitrogens with zero attached hydrogens (tertiary/aromatic N) is 5. The third-order valence-electron chi connectivity index (χ3n) is 5.25. The van der Waals surface area contributed by atoms with E-state index in [1.807, 2.05) is 12.3 Å². The Morgan fingerprint density at radius 1 is 1.14 bits per heavy atom. The molecule has 0 N–H and O–H groups in total. The smallest absolute Gasteiger partial charge is 0.161 e. The largest absolute Gasteiger partial charge is 0.306 e. The number of fused-ring (bicyclic) bond motifs is 1. The van der Waals surface area contributed by atoms with Crippen LogP contribution >= 0.6 is 0 Å². The molecule has 2 unspecified atom stereocenters. The summed E-state index contributed by atoms with van der Waals surface area (Å²) in [5.74, 6) is 1.78. The van der Waals surface area contributed by atoms with Crippen LogP contribution in [0.2, 0.25) is 0 Å². The molecule has 0 aromatic carbocycles. The Kier molecular flexibility index (Phi) is 3.62. The van der Waals surface area contributed by atoms with Gasteiger partial charge in [-0.15, -0.1) is 0 Å².